The lowest BCUT2D eigenvalue weighted by Crippen LogP contribution is -2.34. The Morgan fingerprint density at radius 3 is 2.95 bits per heavy atom. The Hall–Kier alpha value is -2.11. The first-order chi connectivity index (χ1) is 10.0. The SMILES string of the molecule is Cc1nc2c([nH]1)CC(C(=O)NCc1c(C)noc1C)CC2. The Bertz CT molecular complexity index is 652. The van der Waals surface area contributed by atoms with Gasteiger partial charge in [0.1, 0.15) is 11.6 Å². The predicted octanol–water partition coefficient (Wildman–Crippen LogP) is 1.74. The van der Waals surface area contributed by atoms with E-state index in [-0.39, 0.29) is 11.8 Å². The van der Waals surface area contributed by atoms with Crippen LogP contribution in [0.3, 0.4) is 0 Å². The van der Waals surface area contributed by atoms with Gasteiger partial charge in [-0.3, -0.25) is 4.79 Å². The molecule has 1 unspecified atom stereocenters. The van der Waals surface area contributed by atoms with Crippen LogP contribution in [-0.4, -0.2) is 21.0 Å². The van der Waals surface area contributed by atoms with Crippen LogP contribution in [0.4, 0.5) is 0 Å². The second kappa shape index (κ2) is 5.35. The summed E-state index contributed by atoms with van der Waals surface area (Å²) in [5.74, 6) is 1.80. The van der Waals surface area contributed by atoms with Crippen LogP contribution in [0.5, 0.6) is 0 Å². The zero-order valence-electron chi connectivity index (χ0n) is 12.6. The maximum absolute atomic E-state index is 12.3. The second-order valence-corrected chi connectivity index (χ2v) is 5.71. The summed E-state index contributed by atoms with van der Waals surface area (Å²) in [5.41, 5.74) is 4.03. The monoisotopic (exact) mass is 288 g/mol. The van der Waals surface area contributed by atoms with Crippen molar-refractivity contribution < 1.29 is 9.32 Å². The van der Waals surface area contributed by atoms with Crippen molar-refractivity contribution in [3.8, 4) is 0 Å². The normalized spacial score (nSPS) is 17.6. The number of hydrogen-bond donors (Lipinski definition) is 2. The molecule has 0 saturated heterocycles. The number of rotatable bonds is 3. The van der Waals surface area contributed by atoms with Gasteiger partial charge in [-0.1, -0.05) is 5.16 Å². The molecule has 6 heteroatoms. The van der Waals surface area contributed by atoms with Crippen LogP contribution >= 0.6 is 0 Å². The number of hydrogen-bond acceptors (Lipinski definition) is 4. The molecule has 1 amide bonds. The smallest absolute Gasteiger partial charge is 0.223 e. The molecule has 2 aromatic rings. The van der Waals surface area contributed by atoms with Gasteiger partial charge in [-0.15, -0.1) is 0 Å². The number of imidazole rings is 1. The zero-order valence-corrected chi connectivity index (χ0v) is 12.6. The van der Waals surface area contributed by atoms with Crippen LogP contribution < -0.4 is 5.32 Å². The molecule has 6 nitrogen and oxygen atoms in total. The number of aryl methyl sites for hydroxylation is 4. The molecule has 1 aliphatic rings. The fourth-order valence-corrected chi connectivity index (χ4v) is 2.92. The van der Waals surface area contributed by atoms with E-state index in [1.165, 1.54) is 0 Å². The van der Waals surface area contributed by atoms with Crippen LogP contribution in [-0.2, 0) is 24.2 Å². The van der Waals surface area contributed by atoms with Gasteiger partial charge in [-0.25, -0.2) is 4.98 Å². The van der Waals surface area contributed by atoms with Crippen molar-refractivity contribution in [1.82, 2.24) is 20.4 Å². The maximum atomic E-state index is 12.3. The number of nitrogens with zero attached hydrogens (tertiary/aromatic N) is 2. The first-order valence-corrected chi connectivity index (χ1v) is 7.28. The molecule has 2 heterocycles. The van der Waals surface area contributed by atoms with Gasteiger partial charge in [-0.2, -0.15) is 0 Å². The van der Waals surface area contributed by atoms with Crippen molar-refractivity contribution in [3.05, 3.63) is 34.2 Å². The highest BCUT2D eigenvalue weighted by Gasteiger charge is 2.27. The summed E-state index contributed by atoms with van der Waals surface area (Å²) >= 11 is 0. The van der Waals surface area contributed by atoms with E-state index in [1.54, 1.807) is 0 Å². The quantitative estimate of drug-likeness (QED) is 0.901. The first kappa shape index (κ1) is 13.9. The van der Waals surface area contributed by atoms with Gasteiger partial charge in [0, 0.05) is 30.1 Å². The number of fused-ring (bicyclic) bond motifs is 1. The molecule has 1 atom stereocenters. The van der Waals surface area contributed by atoms with Crippen LogP contribution in [0.15, 0.2) is 4.52 Å². The number of H-pyrrole nitrogens is 1. The molecular formula is C15H20N4O2. The summed E-state index contributed by atoms with van der Waals surface area (Å²) in [6.07, 6.45) is 2.46. The Morgan fingerprint density at radius 1 is 1.43 bits per heavy atom. The summed E-state index contributed by atoms with van der Waals surface area (Å²) in [6.45, 7) is 6.18. The molecule has 112 valence electrons. The molecule has 0 fully saturated rings. The van der Waals surface area contributed by atoms with Gasteiger partial charge in [-0.05, 0) is 33.6 Å². The van der Waals surface area contributed by atoms with E-state index in [9.17, 15) is 4.79 Å². The van der Waals surface area contributed by atoms with Gasteiger partial charge in [0.15, 0.2) is 0 Å². The summed E-state index contributed by atoms with van der Waals surface area (Å²) in [7, 11) is 0. The first-order valence-electron chi connectivity index (χ1n) is 7.28. The van der Waals surface area contributed by atoms with E-state index in [2.05, 4.69) is 20.4 Å². The van der Waals surface area contributed by atoms with Gasteiger partial charge < -0.3 is 14.8 Å². The molecule has 0 bridgehead atoms. The van der Waals surface area contributed by atoms with Crippen molar-refractivity contribution in [2.24, 2.45) is 5.92 Å². The van der Waals surface area contributed by atoms with Gasteiger partial charge >= 0.3 is 0 Å². The highest BCUT2D eigenvalue weighted by Crippen LogP contribution is 2.24. The van der Waals surface area contributed by atoms with Crippen molar-refractivity contribution >= 4 is 5.91 Å². The third-order valence-electron chi connectivity index (χ3n) is 4.15. The largest absolute Gasteiger partial charge is 0.361 e. The van der Waals surface area contributed by atoms with E-state index < -0.39 is 0 Å². The van der Waals surface area contributed by atoms with Crippen molar-refractivity contribution in [2.45, 2.75) is 46.6 Å². The third kappa shape index (κ3) is 2.70. The molecule has 0 aromatic carbocycles. The minimum Gasteiger partial charge on any atom is -0.361 e. The average molecular weight is 288 g/mol. The molecule has 2 aromatic heterocycles. The van der Waals surface area contributed by atoms with Crippen molar-refractivity contribution in [2.75, 3.05) is 0 Å². The van der Waals surface area contributed by atoms with Crippen LogP contribution in [0, 0.1) is 26.7 Å². The van der Waals surface area contributed by atoms with E-state index in [0.29, 0.717) is 6.54 Å². The highest BCUT2D eigenvalue weighted by molar-refractivity contribution is 5.79. The molecule has 1 aliphatic carbocycles. The Balaban J connectivity index is 1.62. The van der Waals surface area contributed by atoms with Gasteiger partial charge in [0.05, 0.1) is 11.4 Å². The topological polar surface area (TPSA) is 83.8 Å². The Morgan fingerprint density at radius 2 is 2.24 bits per heavy atom. The zero-order chi connectivity index (χ0) is 15.0. The standard InChI is InChI=1S/C15H20N4O2/c1-8-12(9(2)21-19-8)7-16-15(20)11-4-5-13-14(6-11)18-10(3)17-13/h11H,4-7H2,1-3H3,(H,16,20)(H,17,18). The fourth-order valence-electron chi connectivity index (χ4n) is 2.92. The van der Waals surface area contributed by atoms with E-state index in [1.807, 2.05) is 20.8 Å². The molecular weight excluding hydrogens is 268 g/mol. The van der Waals surface area contributed by atoms with Gasteiger partial charge in [0.2, 0.25) is 5.91 Å². The number of carbonyl (C=O) groups is 1. The fraction of sp³-hybridized carbons (Fsp3) is 0.533. The summed E-state index contributed by atoms with van der Waals surface area (Å²) in [4.78, 5) is 20.0. The molecule has 0 aliphatic heterocycles. The van der Waals surface area contributed by atoms with Crippen LogP contribution in [0.2, 0.25) is 0 Å². The van der Waals surface area contributed by atoms with E-state index in [4.69, 9.17) is 4.52 Å². The molecule has 0 radical (unpaired) electrons. The summed E-state index contributed by atoms with van der Waals surface area (Å²) < 4.78 is 5.11. The third-order valence-corrected chi connectivity index (χ3v) is 4.15. The second-order valence-electron chi connectivity index (χ2n) is 5.71. The number of nitrogens with one attached hydrogen (secondary N) is 2. The van der Waals surface area contributed by atoms with E-state index in [0.717, 1.165) is 53.5 Å². The lowest BCUT2D eigenvalue weighted by Gasteiger charge is -2.20. The average Bonchev–Trinajstić information content (AvgIpc) is 2.97. The number of amides is 1. The minimum atomic E-state index is 0.0119. The molecule has 0 saturated carbocycles. The number of carbonyl (C=O) groups excluding carboxylic acids is 1. The number of aromatic nitrogens is 3. The highest BCUT2D eigenvalue weighted by atomic mass is 16.5. The van der Waals surface area contributed by atoms with Crippen LogP contribution in [0.25, 0.3) is 0 Å². The van der Waals surface area contributed by atoms with Crippen LogP contribution in [0.1, 0.15) is 40.7 Å². The van der Waals surface area contributed by atoms with Crippen molar-refractivity contribution in [1.29, 1.82) is 0 Å². The predicted molar refractivity (Wildman–Crippen MR) is 76.7 cm³/mol. The Labute approximate surface area is 123 Å². The minimum absolute atomic E-state index is 0.0119. The Kier molecular flexibility index (Phi) is 3.53. The molecule has 3 rings (SSSR count). The summed E-state index contributed by atoms with van der Waals surface area (Å²) in [5, 5.41) is 6.90. The lowest BCUT2D eigenvalue weighted by molar-refractivity contribution is -0.125. The van der Waals surface area contributed by atoms with Crippen molar-refractivity contribution in [3.63, 3.8) is 0 Å². The number of aromatic amines is 1. The van der Waals surface area contributed by atoms with Gasteiger partial charge in [0.25, 0.3) is 0 Å². The molecule has 21 heavy (non-hydrogen) atoms. The summed E-state index contributed by atoms with van der Waals surface area (Å²) in [6, 6.07) is 0. The maximum Gasteiger partial charge on any atom is 0.223 e. The molecule has 0 spiro atoms. The molecule has 2 N–H and O–H groups in total. The van der Waals surface area contributed by atoms with E-state index >= 15 is 0 Å². The lowest BCUT2D eigenvalue weighted by atomic mass is 9.89.